The van der Waals surface area contributed by atoms with Crippen molar-refractivity contribution < 1.29 is 22.7 Å². The van der Waals surface area contributed by atoms with Gasteiger partial charge in [0.2, 0.25) is 5.91 Å². The molecule has 0 radical (unpaired) electrons. The molecule has 1 aliphatic heterocycles. The SMILES string of the molecule is N#Cc1c(C(F)(F)F)cc(-c2cccs2)nc1SCC(=O)NCC1CCCO1. The molecule has 1 amide bonds. The number of rotatable bonds is 6. The third-order valence-electron chi connectivity index (χ3n) is 4.07. The van der Waals surface area contributed by atoms with Crippen molar-refractivity contribution in [1.29, 1.82) is 5.26 Å². The van der Waals surface area contributed by atoms with Gasteiger partial charge in [0.1, 0.15) is 11.1 Å². The van der Waals surface area contributed by atoms with Crippen LogP contribution in [0.25, 0.3) is 10.6 Å². The molecule has 0 aromatic carbocycles. The van der Waals surface area contributed by atoms with Crippen LogP contribution in [0.1, 0.15) is 24.0 Å². The molecule has 10 heteroatoms. The lowest BCUT2D eigenvalue weighted by molar-refractivity contribution is -0.138. The van der Waals surface area contributed by atoms with Crippen LogP contribution in [0.4, 0.5) is 13.2 Å². The van der Waals surface area contributed by atoms with Gasteiger partial charge in [-0.1, -0.05) is 17.8 Å². The number of nitriles is 1. The maximum atomic E-state index is 13.5. The van der Waals surface area contributed by atoms with Crippen molar-refractivity contribution in [1.82, 2.24) is 10.3 Å². The zero-order chi connectivity index (χ0) is 20.1. The summed E-state index contributed by atoms with van der Waals surface area (Å²) in [6, 6.07) is 5.83. The van der Waals surface area contributed by atoms with Crippen LogP contribution >= 0.6 is 23.1 Å². The first-order valence-corrected chi connectivity index (χ1v) is 10.3. The van der Waals surface area contributed by atoms with Crippen LogP contribution in [0.2, 0.25) is 0 Å². The Morgan fingerprint density at radius 2 is 2.32 bits per heavy atom. The number of halogens is 3. The zero-order valence-corrected chi connectivity index (χ0v) is 16.2. The van der Waals surface area contributed by atoms with Crippen molar-refractivity contribution in [3.8, 4) is 16.6 Å². The van der Waals surface area contributed by atoms with E-state index >= 15 is 0 Å². The predicted octanol–water partition coefficient (Wildman–Crippen LogP) is 4.09. The summed E-state index contributed by atoms with van der Waals surface area (Å²) in [5, 5.41) is 13.6. The summed E-state index contributed by atoms with van der Waals surface area (Å²) < 4.78 is 45.8. The molecule has 1 saturated heterocycles. The highest BCUT2D eigenvalue weighted by molar-refractivity contribution is 8.00. The van der Waals surface area contributed by atoms with Crippen LogP contribution in [-0.4, -0.2) is 35.9 Å². The quantitative estimate of drug-likeness (QED) is 0.703. The molecule has 0 aliphatic carbocycles. The minimum atomic E-state index is -4.70. The highest BCUT2D eigenvalue weighted by Crippen LogP contribution is 2.38. The number of nitrogens with zero attached hydrogens (tertiary/aromatic N) is 2. The number of alkyl halides is 3. The molecule has 1 fully saturated rings. The van der Waals surface area contributed by atoms with E-state index < -0.39 is 17.3 Å². The van der Waals surface area contributed by atoms with E-state index in [0.717, 1.165) is 30.7 Å². The molecule has 3 heterocycles. The van der Waals surface area contributed by atoms with E-state index in [0.29, 0.717) is 18.0 Å². The van der Waals surface area contributed by atoms with Gasteiger partial charge >= 0.3 is 6.18 Å². The third kappa shape index (κ3) is 5.04. The van der Waals surface area contributed by atoms with Crippen LogP contribution in [0.15, 0.2) is 28.6 Å². The fourth-order valence-corrected chi connectivity index (χ4v) is 4.25. The van der Waals surface area contributed by atoms with E-state index in [2.05, 4.69) is 10.3 Å². The van der Waals surface area contributed by atoms with Crippen LogP contribution in [0, 0.1) is 11.3 Å². The number of hydrogen-bond acceptors (Lipinski definition) is 6. The lowest BCUT2D eigenvalue weighted by Crippen LogP contribution is -2.32. The Morgan fingerprint density at radius 3 is 2.93 bits per heavy atom. The Morgan fingerprint density at radius 1 is 1.50 bits per heavy atom. The molecule has 0 spiro atoms. The predicted molar refractivity (Wildman–Crippen MR) is 100.0 cm³/mol. The first-order chi connectivity index (χ1) is 13.4. The van der Waals surface area contributed by atoms with Gasteiger partial charge in [0.15, 0.2) is 0 Å². The van der Waals surface area contributed by atoms with Crippen molar-refractivity contribution in [3.05, 3.63) is 34.7 Å². The van der Waals surface area contributed by atoms with Crippen molar-refractivity contribution in [2.45, 2.75) is 30.1 Å². The topological polar surface area (TPSA) is 75.0 Å². The standard InChI is InChI=1S/C18H16F3N3O2S2/c19-18(20,21)13-7-14(15-4-2-6-27-15)24-17(12(13)8-22)28-10-16(25)23-9-11-3-1-5-26-11/h2,4,6-7,11H,1,3,5,9-10H2,(H,23,25). The lowest BCUT2D eigenvalue weighted by Gasteiger charge is -2.14. The summed E-state index contributed by atoms with van der Waals surface area (Å²) in [6.07, 6.45) is -2.91. The maximum Gasteiger partial charge on any atom is 0.417 e. The summed E-state index contributed by atoms with van der Waals surface area (Å²) in [6.45, 7) is 1.03. The van der Waals surface area contributed by atoms with Crippen LogP contribution in [-0.2, 0) is 15.7 Å². The van der Waals surface area contributed by atoms with E-state index in [1.165, 1.54) is 11.3 Å². The maximum absolute atomic E-state index is 13.5. The number of aromatic nitrogens is 1. The molecular formula is C18H16F3N3O2S2. The van der Waals surface area contributed by atoms with Crippen LogP contribution < -0.4 is 5.32 Å². The van der Waals surface area contributed by atoms with Gasteiger partial charge in [-0.25, -0.2) is 4.98 Å². The molecular weight excluding hydrogens is 411 g/mol. The summed E-state index contributed by atoms with van der Waals surface area (Å²) >= 11 is 2.07. The van der Waals surface area contributed by atoms with E-state index in [-0.39, 0.29) is 28.5 Å². The molecule has 2 aromatic heterocycles. The zero-order valence-electron chi connectivity index (χ0n) is 14.6. The first kappa shape index (κ1) is 20.6. The van der Waals surface area contributed by atoms with Crippen molar-refractivity contribution in [2.75, 3.05) is 18.9 Å². The van der Waals surface area contributed by atoms with Crippen LogP contribution in [0.5, 0.6) is 0 Å². The molecule has 148 valence electrons. The average Bonchev–Trinajstić information content (AvgIpc) is 3.36. The van der Waals surface area contributed by atoms with E-state index in [4.69, 9.17) is 4.74 Å². The highest BCUT2D eigenvalue weighted by Gasteiger charge is 2.36. The van der Waals surface area contributed by atoms with Crippen molar-refractivity contribution in [2.24, 2.45) is 0 Å². The highest BCUT2D eigenvalue weighted by atomic mass is 32.2. The molecule has 1 unspecified atom stereocenters. The van der Waals surface area contributed by atoms with Gasteiger partial charge in [0.05, 0.1) is 33.6 Å². The lowest BCUT2D eigenvalue weighted by atomic mass is 10.1. The molecule has 2 aromatic rings. The van der Waals surface area contributed by atoms with Gasteiger partial charge in [-0.3, -0.25) is 4.79 Å². The van der Waals surface area contributed by atoms with Gasteiger partial charge < -0.3 is 10.1 Å². The fourth-order valence-electron chi connectivity index (χ4n) is 2.73. The van der Waals surface area contributed by atoms with Crippen molar-refractivity contribution in [3.63, 3.8) is 0 Å². The minimum Gasteiger partial charge on any atom is -0.376 e. The number of pyridine rings is 1. The minimum absolute atomic E-state index is 0.0271. The number of ether oxygens (including phenoxy) is 1. The summed E-state index contributed by atoms with van der Waals surface area (Å²) in [5.41, 5.74) is -1.48. The monoisotopic (exact) mass is 427 g/mol. The Hall–Kier alpha value is -2.09. The fraction of sp³-hybridized carbons (Fsp3) is 0.389. The molecule has 1 atom stereocenters. The average molecular weight is 427 g/mol. The largest absolute Gasteiger partial charge is 0.417 e. The summed E-state index contributed by atoms with van der Waals surface area (Å²) in [5.74, 6) is -0.485. The number of amides is 1. The number of carbonyl (C=O) groups is 1. The Bertz CT molecular complexity index is 873. The van der Waals surface area contributed by atoms with Gasteiger partial charge in [0, 0.05) is 13.2 Å². The van der Waals surface area contributed by atoms with Gasteiger partial charge in [-0.15, -0.1) is 11.3 Å². The molecule has 28 heavy (non-hydrogen) atoms. The second kappa shape index (κ2) is 8.94. The number of thioether (sulfide) groups is 1. The Balaban J connectivity index is 1.79. The summed E-state index contributed by atoms with van der Waals surface area (Å²) in [7, 11) is 0. The number of thiophene rings is 1. The summed E-state index contributed by atoms with van der Waals surface area (Å²) in [4.78, 5) is 16.8. The number of nitrogens with one attached hydrogen (secondary N) is 1. The molecule has 5 nitrogen and oxygen atoms in total. The molecule has 3 rings (SSSR count). The Labute approximate surface area is 167 Å². The molecule has 1 N–H and O–H groups in total. The van der Waals surface area contributed by atoms with Gasteiger partial charge in [0.25, 0.3) is 0 Å². The second-order valence-electron chi connectivity index (χ2n) is 6.05. The third-order valence-corrected chi connectivity index (χ3v) is 5.94. The molecule has 0 bridgehead atoms. The molecule has 0 saturated carbocycles. The first-order valence-electron chi connectivity index (χ1n) is 8.46. The van der Waals surface area contributed by atoms with E-state index in [1.807, 2.05) is 0 Å². The number of carbonyl (C=O) groups excluding carboxylic acids is 1. The Kier molecular flexibility index (Phi) is 6.59. The van der Waals surface area contributed by atoms with Gasteiger partial charge in [-0.2, -0.15) is 18.4 Å². The van der Waals surface area contributed by atoms with Crippen molar-refractivity contribution >= 4 is 29.0 Å². The number of hydrogen-bond donors (Lipinski definition) is 1. The smallest absolute Gasteiger partial charge is 0.376 e. The van der Waals surface area contributed by atoms with Gasteiger partial charge in [-0.05, 0) is 30.4 Å². The van der Waals surface area contributed by atoms with E-state index in [1.54, 1.807) is 23.6 Å². The van der Waals surface area contributed by atoms with Crippen LogP contribution in [0.3, 0.4) is 0 Å². The normalized spacial score (nSPS) is 16.7. The van der Waals surface area contributed by atoms with E-state index in [9.17, 15) is 23.2 Å². The molecule has 1 aliphatic rings. The second-order valence-corrected chi connectivity index (χ2v) is 7.96.